The zero-order valence-corrected chi connectivity index (χ0v) is 21.5. The van der Waals surface area contributed by atoms with E-state index in [9.17, 15) is 9.59 Å². The normalized spacial score (nSPS) is 37.6. The fourth-order valence-corrected chi connectivity index (χ4v) is 6.24. The summed E-state index contributed by atoms with van der Waals surface area (Å²) in [6.07, 6.45) is 8.22. The van der Waals surface area contributed by atoms with Crippen LogP contribution >= 0.6 is 0 Å². The molecule has 6 unspecified atom stereocenters. The zero-order chi connectivity index (χ0) is 24.1. The summed E-state index contributed by atoms with van der Waals surface area (Å²) < 4.78 is 23.0. The van der Waals surface area contributed by atoms with Crippen molar-refractivity contribution in [3.05, 3.63) is 0 Å². The van der Waals surface area contributed by atoms with Crippen LogP contribution in [0.3, 0.4) is 0 Å². The van der Waals surface area contributed by atoms with Gasteiger partial charge in [0.2, 0.25) is 0 Å². The molecule has 0 aromatic heterocycles. The Morgan fingerprint density at radius 3 is 2.03 bits per heavy atom. The SMILES string of the molecule is CC(C)(CC(=O)CCOCCC(=O)OC(C)(C)C1CCC2(C)OC2C1)C1CCC2(C)OC2C1. The van der Waals surface area contributed by atoms with E-state index in [-0.39, 0.29) is 34.8 Å². The largest absolute Gasteiger partial charge is 0.459 e. The maximum atomic E-state index is 12.6. The fourth-order valence-electron chi connectivity index (χ4n) is 6.24. The van der Waals surface area contributed by atoms with Crippen LogP contribution in [0, 0.1) is 17.3 Å². The number of rotatable bonds is 11. The predicted octanol–water partition coefficient (Wildman–Crippen LogP) is 5.01. The Balaban J connectivity index is 1.08. The second-order valence-corrected chi connectivity index (χ2v) is 12.7. The minimum Gasteiger partial charge on any atom is -0.459 e. The highest BCUT2D eigenvalue weighted by molar-refractivity contribution is 5.79. The van der Waals surface area contributed by atoms with Gasteiger partial charge in [0.05, 0.1) is 43.0 Å². The standard InChI is InChI=1S/C27H44O6/c1-24(2,18-7-11-26(5)21(15-18)31-26)17-20(28)9-13-30-14-10-23(29)33-25(3,4)19-8-12-27(6)22(16-19)32-27/h18-19,21-22H,7-17H2,1-6H3. The van der Waals surface area contributed by atoms with Crippen LogP contribution in [0.1, 0.15) is 99.3 Å². The van der Waals surface area contributed by atoms with Crippen LogP contribution in [-0.4, -0.2) is 54.0 Å². The van der Waals surface area contributed by atoms with Gasteiger partial charge in [-0.3, -0.25) is 9.59 Å². The smallest absolute Gasteiger partial charge is 0.308 e. The Hall–Kier alpha value is -0.980. The van der Waals surface area contributed by atoms with Crippen molar-refractivity contribution in [3.8, 4) is 0 Å². The van der Waals surface area contributed by atoms with Crippen LogP contribution in [0.4, 0.5) is 0 Å². The van der Waals surface area contributed by atoms with Gasteiger partial charge in [-0.05, 0) is 77.6 Å². The fraction of sp³-hybridized carbons (Fsp3) is 0.926. The first-order valence-electron chi connectivity index (χ1n) is 13.0. The highest BCUT2D eigenvalue weighted by Crippen LogP contribution is 2.54. The Bertz CT molecular complexity index is 698. The molecule has 2 aliphatic heterocycles. The average Bonchev–Trinajstić information content (AvgIpc) is 3.58. The molecule has 2 aliphatic carbocycles. The third-order valence-corrected chi connectivity index (χ3v) is 9.14. The summed E-state index contributed by atoms with van der Waals surface area (Å²) in [6, 6.07) is 0. The molecule has 0 aromatic rings. The Kier molecular flexibility index (Phi) is 6.78. The molecule has 0 N–H and O–H groups in total. The van der Waals surface area contributed by atoms with Crippen molar-refractivity contribution in [2.24, 2.45) is 17.3 Å². The van der Waals surface area contributed by atoms with E-state index in [1.807, 2.05) is 13.8 Å². The second-order valence-electron chi connectivity index (χ2n) is 12.7. The summed E-state index contributed by atoms with van der Waals surface area (Å²) in [5, 5.41) is 0. The van der Waals surface area contributed by atoms with E-state index in [1.54, 1.807) is 0 Å². The maximum absolute atomic E-state index is 12.6. The number of esters is 1. The molecular weight excluding hydrogens is 420 g/mol. The molecule has 6 nitrogen and oxygen atoms in total. The van der Waals surface area contributed by atoms with Crippen molar-refractivity contribution < 1.29 is 28.5 Å². The lowest BCUT2D eigenvalue weighted by atomic mass is 9.67. The van der Waals surface area contributed by atoms with E-state index in [0.29, 0.717) is 50.1 Å². The predicted molar refractivity (Wildman–Crippen MR) is 125 cm³/mol. The van der Waals surface area contributed by atoms with Crippen molar-refractivity contribution in [2.45, 2.75) is 128 Å². The molecule has 0 aromatic carbocycles. The van der Waals surface area contributed by atoms with Crippen molar-refractivity contribution >= 4 is 11.8 Å². The number of Topliss-reactive ketones (excluding diaryl/α,β-unsaturated/α-hetero) is 1. The molecule has 6 atom stereocenters. The van der Waals surface area contributed by atoms with Gasteiger partial charge in [-0.15, -0.1) is 0 Å². The molecule has 2 saturated heterocycles. The lowest BCUT2D eigenvalue weighted by molar-refractivity contribution is -0.164. The first kappa shape index (κ1) is 25.1. The van der Waals surface area contributed by atoms with Gasteiger partial charge >= 0.3 is 5.97 Å². The van der Waals surface area contributed by atoms with Crippen molar-refractivity contribution in [3.63, 3.8) is 0 Å². The van der Waals surface area contributed by atoms with Crippen LogP contribution in [0.15, 0.2) is 0 Å². The van der Waals surface area contributed by atoms with Crippen LogP contribution < -0.4 is 0 Å². The van der Waals surface area contributed by atoms with Crippen LogP contribution in [-0.2, 0) is 28.5 Å². The number of carbonyl (C=O) groups is 2. The third kappa shape index (κ3) is 5.82. The summed E-state index contributed by atoms with van der Waals surface area (Å²) in [6.45, 7) is 13.5. The zero-order valence-electron chi connectivity index (χ0n) is 21.5. The van der Waals surface area contributed by atoms with E-state index in [2.05, 4.69) is 27.7 Å². The van der Waals surface area contributed by atoms with E-state index in [1.165, 1.54) is 0 Å². The number of carbonyl (C=O) groups excluding carboxylic acids is 2. The molecule has 4 fully saturated rings. The quantitative estimate of drug-likeness (QED) is 0.243. The number of fused-ring (bicyclic) bond motifs is 2. The van der Waals surface area contributed by atoms with E-state index in [4.69, 9.17) is 18.9 Å². The summed E-state index contributed by atoms with van der Waals surface area (Å²) in [5.41, 5.74) is -0.319. The molecule has 6 heteroatoms. The van der Waals surface area contributed by atoms with Gasteiger partial charge in [-0.1, -0.05) is 13.8 Å². The van der Waals surface area contributed by atoms with Crippen LogP contribution in [0.2, 0.25) is 0 Å². The molecule has 0 bridgehead atoms. The highest BCUT2D eigenvalue weighted by Gasteiger charge is 2.58. The lowest BCUT2D eigenvalue weighted by Gasteiger charge is -2.36. The summed E-state index contributed by atoms with van der Waals surface area (Å²) in [5.74, 6) is 0.864. The van der Waals surface area contributed by atoms with Gasteiger partial charge < -0.3 is 18.9 Å². The first-order valence-corrected chi connectivity index (χ1v) is 13.0. The van der Waals surface area contributed by atoms with Crippen LogP contribution in [0.25, 0.3) is 0 Å². The summed E-state index contributed by atoms with van der Waals surface area (Å²) in [4.78, 5) is 24.9. The van der Waals surface area contributed by atoms with Gasteiger partial charge in [-0.25, -0.2) is 0 Å². The van der Waals surface area contributed by atoms with Crippen molar-refractivity contribution in [1.29, 1.82) is 0 Å². The number of ether oxygens (including phenoxy) is 4. The highest BCUT2D eigenvalue weighted by atomic mass is 16.6. The summed E-state index contributed by atoms with van der Waals surface area (Å²) >= 11 is 0. The molecule has 4 rings (SSSR count). The maximum Gasteiger partial charge on any atom is 0.308 e. The van der Waals surface area contributed by atoms with E-state index >= 15 is 0 Å². The number of ketones is 1. The number of hydrogen-bond acceptors (Lipinski definition) is 6. The number of epoxide rings is 2. The van der Waals surface area contributed by atoms with Gasteiger partial charge in [0, 0.05) is 18.8 Å². The molecule has 0 radical (unpaired) electrons. The molecule has 0 spiro atoms. The van der Waals surface area contributed by atoms with Gasteiger partial charge in [-0.2, -0.15) is 0 Å². The molecule has 4 aliphatic rings. The van der Waals surface area contributed by atoms with Crippen molar-refractivity contribution in [1.82, 2.24) is 0 Å². The first-order chi connectivity index (χ1) is 15.3. The topological polar surface area (TPSA) is 77.7 Å². The average molecular weight is 465 g/mol. The second kappa shape index (κ2) is 8.91. The Morgan fingerprint density at radius 2 is 1.42 bits per heavy atom. The van der Waals surface area contributed by atoms with Crippen molar-refractivity contribution in [2.75, 3.05) is 13.2 Å². The van der Waals surface area contributed by atoms with Gasteiger partial charge in [0.25, 0.3) is 0 Å². The molecule has 2 saturated carbocycles. The third-order valence-electron chi connectivity index (χ3n) is 9.14. The van der Waals surface area contributed by atoms with E-state index < -0.39 is 5.60 Å². The summed E-state index contributed by atoms with van der Waals surface area (Å²) in [7, 11) is 0. The monoisotopic (exact) mass is 464 g/mol. The van der Waals surface area contributed by atoms with Gasteiger partial charge in [0.15, 0.2) is 0 Å². The van der Waals surface area contributed by atoms with Crippen LogP contribution in [0.5, 0.6) is 0 Å². The molecule has 2 heterocycles. The Morgan fingerprint density at radius 1 is 0.879 bits per heavy atom. The minimum atomic E-state index is -0.492. The minimum absolute atomic E-state index is 0.0121. The number of hydrogen-bond donors (Lipinski definition) is 0. The molecule has 0 amide bonds. The molecule has 188 valence electrons. The Labute approximate surface area is 199 Å². The van der Waals surface area contributed by atoms with Gasteiger partial charge in [0.1, 0.15) is 11.4 Å². The lowest BCUT2D eigenvalue weighted by Crippen LogP contribution is -2.40. The van der Waals surface area contributed by atoms with E-state index in [0.717, 1.165) is 38.5 Å². The molecule has 33 heavy (non-hydrogen) atoms. The molecular formula is C27H44O6.